The third kappa shape index (κ3) is 9.80. The molecule has 0 radical (unpaired) electrons. The van der Waals surface area contributed by atoms with Crippen LogP contribution in [-0.4, -0.2) is 101 Å². The summed E-state index contributed by atoms with van der Waals surface area (Å²) in [5.74, 6) is 0.922. The number of fused-ring (bicyclic) bond motifs is 2. The van der Waals surface area contributed by atoms with Gasteiger partial charge in [0.15, 0.2) is 5.75 Å². The number of aromatic nitrogens is 1. The Labute approximate surface area is 355 Å². The number of ether oxygens (including phenoxy) is 5. The van der Waals surface area contributed by atoms with E-state index in [1.807, 2.05) is 91.5 Å². The van der Waals surface area contributed by atoms with E-state index >= 15 is 4.79 Å². The van der Waals surface area contributed by atoms with E-state index in [2.05, 4.69) is 4.98 Å². The minimum atomic E-state index is -0.836. The van der Waals surface area contributed by atoms with Crippen molar-refractivity contribution in [1.29, 1.82) is 0 Å². The Morgan fingerprint density at radius 1 is 0.931 bits per heavy atom. The van der Waals surface area contributed by atoms with Crippen molar-refractivity contribution in [1.82, 2.24) is 19.7 Å². The molecule has 3 heterocycles. The first-order valence-electron chi connectivity index (χ1n) is 19.6. The molecule has 6 rings (SSSR count). The Kier molecular flexibility index (Phi) is 12.9. The molecule has 1 aromatic heterocycles. The predicted octanol–water partition coefficient (Wildman–Crippen LogP) is 9.42. The summed E-state index contributed by atoms with van der Waals surface area (Å²) in [5.41, 5.74) is 3.40. The first kappa shape index (κ1) is 43.4. The van der Waals surface area contributed by atoms with E-state index in [0.29, 0.717) is 33.1 Å². The van der Waals surface area contributed by atoms with E-state index in [1.54, 1.807) is 23.1 Å². The van der Waals surface area contributed by atoms with Crippen LogP contribution >= 0.6 is 34.5 Å². The molecule has 3 amide bonds. The van der Waals surface area contributed by atoms with Crippen LogP contribution in [0.15, 0.2) is 36.0 Å². The molecular formula is C43H54Cl2N4O8S. The molecule has 2 bridgehead atoms. The zero-order chi connectivity index (χ0) is 42.3. The lowest BCUT2D eigenvalue weighted by atomic mass is 9.83. The van der Waals surface area contributed by atoms with Gasteiger partial charge in [0, 0.05) is 37.4 Å². The van der Waals surface area contributed by atoms with Gasteiger partial charge in [-0.15, -0.1) is 0 Å². The number of carbonyl (C=O) groups excluding carboxylic acids is 3. The van der Waals surface area contributed by atoms with Gasteiger partial charge in [-0.1, -0.05) is 46.7 Å². The fraction of sp³-hybridized carbons (Fsp3) is 0.535. The highest BCUT2D eigenvalue weighted by Gasteiger charge is 2.51. The number of benzene rings is 2. The van der Waals surface area contributed by atoms with Crippen LogP contribution in [0, 0.1) is 20.8 Å². The Morgan fingerprint density at radius 2 is 1.60 bits per heavy atom. The summed E-state index contributed by atoms with van der Waals surface area (Å²) in [6, 6.07) is 6.29. The average Bonchev–Trinajstić information content (AvgIpc) is 3.87. The van der Waals surface area contributed by atoms with E-state index in [-0.39, 0.29) is 44.7 Å². The van der Waals surface area contributed by atoms with Crippen molar-refractivity contribution < 1.29 is 38.1 Å². The molecule has 0 N–H and O–H groups in total. The first-order chi connectivity index (χ1) is 27.3. The summed E-state index contributed by atoms with van der Waals surface area (Å²) < 4.78 is 29.4. The molecule has 3 aromatic rings. The van der Waals surface area contributed by atoms with Crippen LogP contribution in [-0.2, 0) is 20.8 Å². The zero-order valence-electron chi connectivity index (χ0n) is 35.0. The van der Waals surface area contributed by atoms with Gasteiger partial charge < -0.3 is 33.5 Å². The van der Waals surface area contributed by atoms with Crippen molar-refractivity contribution in [2.24, 2.45) is 0 Å². The third-order valence-electron chi connectivity index (χ3n) is 10.4. The van der Waals surface area contributed by atoms with Crippen molar-refractivity contribution in [2.45, 2.75) is 117 Å². The van der Waals surface area contributed by atoms with Crippen LogP contribution in [0.3, 0.4) is 0 Å². The van der Waals surface area contributed by atoms with E-state index in [0.717, 1.165) is 51.3 Å². The maximum atomic E-state index is 15.4. The second-order valence-corrected chi connectivity index (χ2v) is 18.9. The van der Waals surface area contributed by atoms with E-state index < -0.39 is 35.5 Å². The molecule has 0 spiro atoms. The number of piperazine rings is 1. The Morgan fingerprint density at radius 3 is 2.26 bits per heavy atom. The molecule has 12 nitrogen and oxygen atoms in total. The molecular weight excluding hydrogens is 803 g/mol. The van der Waals surface area contributed by atoms with E-state index in [4.69, 9.17) is 46.9 Å². The summed E-state index contributed by atoms with van der Waals surface area (Å²) in [6.07, 6.45) is 2.62. The standard InChI is InChI=1S/C43H54Cl2N4O8S/c1-24-18-31(44)37(36(45)25(24)2)54-16-17-55-39-46-20-34(58-39)30-19-29-22-47(40(51)56-42(4,5)6)23-32(49(29)41(52)57-43(7,8)9)35(30)38(50)48(28-14-15-28)21-27-12-11-13-33(53-10)26(27)3/h11-13,18,20,28-29,32H,14-17,19,21-23H2,1-10H3. The number of halogens is 2. The number of hydrogen-bond donors (Lipinski definition) is 0. The third-order valence-corrected chi connectivity index (χ3v) is 12.1. The van der Waals surface area contributed by atoms with E-state index in [9.17, 15) is 9.59 Å². The number of amides is 3. The monoisotopic (exact) mass is 856 g/mol. The molecule has 314 valence electrons. The summed E-state index contributed by atoms with van der Waals surface area (Å²) in [7, 11) is 1.63. The van der Waals surface area contributed by atoms with Crippen LogP contribution in [0.4, 0.5) is 9.59 Å². The lowest BCUT2D eigenvalue weighted by Gasteiger charge is -2.51. The van der Waals surface area contributed by atoms with Crippen LogP contribution < -0.4 is 14.2 Å². The van der Waals surface area contributed by atoms with Gasteiger partial charge in [-0.05, 0) is 122 Å². The number of carbonyl (C=O) groups is 3. The lowest BCUT2D eigenvalue weighted by Crippen LogP contribution is -2.66. The van der Waals surface area contributed by atoms with Gasteiger partial charge in [-0.25, -0.2) is 14.6 Å². The first-order valence-corrected chi connectivity index (χ1v) is 21.2. The molecule has 3 aliphatic rings. The van der Waals surface area contributed by atoms with Crippen molar-refractivity contribution in [2.75, 3.05) is 33.4 Å². The Bertz CT molecular complexity index is 2090. The number of methoxy groups -OCH3 is 1. The topological polar surface area (TPSA) is 120 Å². The van der Waals surface area contributed by atoms with Gasteiger partial charge in [-0.3, -0.25) is 9.69 Å². The number of thiazole rings is 1. The molecule has 2 aliphatic heterocycles. The van der Waals surface area contributed by atoms with Gasteiger partial charge in [0.1, 0.15) is 30.2 Å². The van der Waals surface area contributed by atoms with Crippen LogP contribution in [0.1, 0.15) is 87.9 Å². The lowest BCUT2D eigenvalue weighted by molar-refractivity contribution is -0.129. The van der Waals surface area contributed by atoms with Crippen molar-refractivity contribution in [3.63, 3.8) is 0 Å². The van der Waals surface area contributed by atoms with Crippen LogP contribution in [0.25, 0.3) is 5.57 Å². The maximum absolute atomic E-state index is 15.4. The number of aryl methyl sites for hydroxylation is 1. The van der Waals surface area contributed by atoms with Gasteiger partial charge in [-0.2, -0.15) is 0 Å². The van der Waals surface area contributed by atoms with Crippen LogP contribution in [0.2, 0.25) is 10.0 Å². The molecule has 1 aliphatic carbocycles. The molecule has 15 heteroatoms. The zero-order valence-corrected chi connectivity index (χ0v) is 37.3. The van der Waals surface area contributed by atoms with Gasteiger partial charge in [0.05, 0.1) is 34.1 Å². The predicted molar refractivity (Wildman–Crippen MR) is 225 cm³/mol. The average molecular weight is 858 g/mol. The molecule has 1 saturated carbocycles. The highest BCUT2D eigenvalue weighted by Crippen LogP contribution is 2.44. The quantitative estimate of drug-likeness (QED) is 0.174. The molecule has 2 atom stereocenters. The highest BCUT2D eigenvalue weighted by atomic mass is 35.5. The second-order valence-electron chi connectivity index (χ2n) is 17.1. The Balaban J connectivity index is 1.37. The SMILES string of the molecule is COc1cccc(CN(C(=O)C2=C(c3cnc(OCCOc4c(Cl)cc(C)c(C)c4Cl)s3)CC3CN(C(=O)OC(C)(C)C)CC2N3C(=O)OC(C)(C)C)C2CC2)c1C. The summed E-state index contributed by atoms with van der Waals surface area (Å²) in [5, 5.41) is 1.27. The fourth-order valence-electron chi connectivity index (χ4n) is 7.30. The van der Waals surface area contributed by atoms with Gasteiger partial charge in [0.25, 0.3) is 11.1 Å². The molecule has 1 saturated heterocycles. The second kappa shape index (κ2) is 17.2. The van der Waals surface area contributed by atoms with Crippen molar-refractivity contribution in [3.8, 4) is 16.7 Å². The van der Waals surface area contributed by atoms with Crippen LogP contribution in [0.5, 0.6) is 16.7 Å². The number of nitrogens with zero attached hydrogens (tertiary/aromatic N) is 4. The fourth-order valence-corrected chi connectivity index (χ4v) is 8.83. The molecule has 2 fully saturated rings. The highest BCUT2D eigenvalue weighted by molar-refractivity contribution is 7.14. The van der Waals surface area contributed by atoms with Crippen molar-refractivity contribution in [3.05, 3.63) is 73.2 Å². The molecule has 2 aromatic carbocycles. The maximum Gasteiger partial charge on any atom is 0.411 e. The summed E-state index contributed by atoms with van der Waals surface area (Å²) in [6.45, 7) is 17.6. The smallest absolute Gasteiger partial charge is 0.411 e. The Hall–Kier alpha value is -4.20. The molecule has 2 unspecified atom stereocenters. The minimum absolute atomic E-state index is 0.00443. The summed E-state index contributed by atoms with van der Waals surface area (Å²) >= 11 is 14.3. The summed E-state index contributed by atoms with van der Waals surface area (Å²) in [4.78, 5) is 53.7. The normalized spacial score (nSPS) is 18.2. The number of rotatable bonds is 11. The van der Waals surface area contributed by atoms with Crippen molar-refractivity contribution >= 4 is 58.2 Å². The molecule has 58 heavy (non-hydrogen) atoms. The number of hydrogen-bond acceptors (Lipinski definition) is 10. The largest absolute Gasteiger partial charge is 0.496 e. The van der Waals surface area contributed by atoms with Gasteiger partial charge in [0.2, 0.25) is 0 Å². The van der Waals surface area contributed by atoms with E-state index in [1.165, 1.54) is 11.3 Å². The minimum Gasteiger partial charge on any atom is -0.496 e. The van der Waals surface area contributed by atoms with Gasteiger partial charge >= 0.3 is 12.2 Å².